The Bertz CT molecular complexity index is 2280. The molecular formula is C40H48N10O9. The average molecular weight is 813 g/mol. The van der Waals surface area contributed by atoms with E-state index in [1.165, 1.54) is 6.07 Å². The van der Waals surface area contributed by atoms with Crippen LogP contribution in [-0.2, 0) is 25.7 Å². The minimum atomic E-state index is -1.23. The van der Waals surface area contributed by atoms with Crippen molar-refractivity contribution in [2.45, 2.75) is 90.3 Å². The highest BCUT2D eigenvalue weighted by Gasteiger charge is 2.45. The number of carbonyl (C=O) groups is 5. The van der Waals surface area contributed by atoms with Gasteiger partial charge in [0.1, 0.15) is 28.4 Å². The first-order valence-corrected chi connectivity index (χ1v) is 19.7. The number of nitrogens with zero attached hydrogens (tertiary/aromatic N) is 6. The highest BCUT2D eigenvalue weighted by atomic mass is 16.6. The van der Waals surface area contributed by atoms with Crippen molar-refractivity contribution < 1.29 is 43.2 Å². The summed E-state index contributed by atoms with van der Waals surface area (Å²) in [5.74, 6) is 4.47. The van der Waals surface area contributed by atoms with Gasteiger partial charge in [-0.1, -0.05) is 31.2 Å². The lowest BCUT2D eigenvalue weighted by molar-refractivity contribution is -0.136. The number of aliphatic hydroxyl groups is 1. The number of nitrogens with one attached hydrogen (secondary N) is 3. The van der Waals surface area contributed by atoms with Crippen LogP contribution >= 0.6 is 0 Å². The Morgan fingerprint density at radius 3 is 2.59 bits per heavy atom. The van der Waals surface area contributed by atoms with Crippen LogP contribution in [0.5, 0.6) is 5.75 Å². The number of piperidine rings is 1. The number of nitrogens with two attached hydrogens (primary N) is 1. The molecule has 3 aromatic heterocycles. The largest absolute Gasteiger partial charge is 0.490 e. The highest BCUT2D eigenvalue weighted by Crippen LogP contribution is 2.34. The van der Waals surface area contributed by atoms with Crippen LogP contribution < -0.4 is 26.4 Å². The molecule has 312 valence electrons. The van der Waals surface area contributed by atoms with Gasteiger partial charge in [-0.05, 0) is 68.4 Å². The molecule has 6 rings (SSSR count). The number of benzene rings is 1. The fourth-order valence-electron chi connectivity index (χ4n) is 6.84. The second kappa shape index (κ2) is 18.9. The van der Waals surface area contributed by atoms with E-state index in [0.29, 0.717) is 79.0 Å². The fraction of sp³-hybridized carbons (Fsp3) is 0.475. The predicted octanol–water partition coefficient (Wildman–Crippen LogP) is 2.57. The Hall–Kier alpha value is -6.39. The molecule has 0 spiro atoms. The molecule has 5 amide bonds. The first kappa shape index (κ1) is 42.2. The molecule has 0 aliphatic carbocycles. The maximum Gasteiger partial charge on any atom is 0.264 e. The molecule has 5 heterocycles. The monoisotopic (exact) mass is 812 g/mol. The van der Waals surface area contributed by atoms with Gasteiger partial charge in [-0.2, -0.15) is 0 Å². The Morgan fingerprint density at radius 1 is 1.07 bits per heavy atom. The molecule has 1 unspecified atom stereocenters. The van der Waals surface area contributed by atoms with Crippen LogP contribution in [-0.4, -0.2) is 109 Å². The van der Waals surface area contributed by atoms with Crippen molar-refractivity contribution in [2.24, 2.45) is 0 Å². The Labute approximate surface area is 339 Å². The van der Waals surface area contributed by atoms with E-state index >= 15 is 0 Å². The van der Waals surface area contributed by atoms with Crippen LogP contribution in [0.25, 0.3) is 22.6 Å². The van der Waals surface area contributed by atoms with E-state index in [2.05, 4.69) is 43.1 Å². The molecule has 1 aromatic carbocycles. The number of imide groups is 2. The number of nitrogen functional groups attached to an aromatic ring is 1. The third-order valence-corrected chi connectivity index (χ3v) is 9.67. The summed E-state index contributed by atoms with van der Waals surface area (Å²) in [6, 6.07) is 3.83. The molecule has 4 aromatic rings. The Balaban J connectivity index is 0.864. The van der Waals surface area contributed by atoms with Crippen molar-refractivity contribution in [1.29, 1.82) is 0 Å². The van der Waals surface area contributed by atoms with E-state index in [0.717, 1.165) is 37.0 Å². The van der Waals surface area contributed by atoms with Gasteiger partial charge >= 0.3 is 0 Å². The van der Waals surface area contributed by atoms with Crippen LogP contribution in [0.15, 0.2) is 29.0 Å². The molecule has 0 bridgehead atoms. The van der Waals surface area contributed by atoms with Crippen molar-refractivity contribution in [3.8, 4) is 29.1 Å². The third-order valence-electron chi connectivity index (χ3n) is 9.67. The number of fused-ring (bicyclic) bond motifs is 2. The van der Waals surface area contributed by atoms with E-state index < -0.39 is 35.3 Å². The zero-order valence-corrected chi connectivity index (χ0v) is 33.3. The smallest absolute Gasteiger partial charge is 0.264 e. The van der Waals surface area contributed by atoms with Gasteiger partial charge in [-0.25, -0.2) is 14.6 Å². The number of aryl methyl sites for hydroxylation is 1. The van der Waals surface area contributed by atoms with Crippen molar-refractivity contribution in [3.63, 3.8) is 0 Å². The summed E-state index contributed by atoms with van der Waals surface area (Å²) in [6.45, 7) is 7.34. The van der Waals surface area contributed by atoms with Crippen LogP contribution in [0.1, 0.15) is 98.5 Å². The van der Waals surface area contributed by atoms with E-state index in [9.17, 15) is 29.1 Å². The molecule has 0 saturated carbocycles. The average Bonchev–Trinajstić information content (AvgIpc) is 3.88. The molecule has 6 N–H and O–H groups in total. The lowest BCUT2D eigenvalue weighted by atomic mass is 10.0. The maximum absolute atomic E-state index is 13.2. The minimum absolute atomic E-state index is 0.0478. The van der Waals surface area contributed by atoms with Crippen molar-refractivity contribution in [2.75, 3.05) is 44.0 Å². The van der Waals surface area contributed by atoms with Gasteiger partial charge in [-0.15, -0.1) is 0 Å². The Kier molecular flexibility index (Phi) is 13.5. The van der Waals surface area contributed by atoms with E-state index in [1.54, 1.807) is 32.2 Å². The number of rotatable bonds is 19. The van der Waals surface area contributed by atoms with Gasteiger partial charge in [0.25, 0.3) is 11.8 Å². The van der Waals surface area contributed by atoms with E-state index in [1.807, 2.05) is 11.5 Å². The number of aromatic nitrogens is 5. The quantitative estimate of drug-likeness (QED) is 0.0518. The fourth-order valence-corrected chi connectivity index (χ4v) is 6.84. The summed E-state index contributed by atoms with van der Waals surface area (Å²) < 4.78 is 18.5. The lowest BCUT2D eigenvalue weighted by Crippen LogP contribution is -2.54. The second-order valence-electron chi connectivity index (χ2n) is 14.6. The zero-order chi connectivity index (χ0) is 42.1. The molecule has 59 heavy (non-hydrogen) atoms. The van der Waals surface area contributed by atoms with Crippen molar-refractivity contribution in [1.82, 2.24) is 40.4 Å². The summed E-state index contributed by atoms with van der Waals surface area (Å²) in [7, 11) is 0. The minimum Gasteiger partial charge on any atom is -0.490 e. The van der Waals surface area contributed by atoms with Crippen LogP contribution in [0, 0.1) is 11.8 Å². The first-order valence-electron chi connectivity index (χ1n) is 19.7. The molecule has 2 aliphatic rings. The van der Waals surface area contributed by atoms with Gasteiger partial charge in [0.05, 0.1) is 37.1 Å². The summed E-state index contributed by atoms with van der Waals surface area (Å²) in [5, 5.41) is 26.0. The number of ether oxygens (including phenoxy) is 2. The van der Waals surface area contributed by atoms with Gasteiger partial charge in [0.15, 0.2) is 23.1 Å². The van der Waals surface area contributed by atoms with Gasteiger partial charge < -0.3 is 35.5 Å². The van der Waals surface area contributed by atoms with E-state index in [-0.39, 0.29) is 42.3 Å². The van der Waals surface area contributed by atoms with Gasteiger partial charge in [0, 0.05) is 38.2 Å². The number of pyridine rings is 1. The summed E-state index contributed by atoms with van der Waals surface area (Å²) >= 11 is 0. The standard InChI is InChI=1S/C40H48N10O9/c1-4-49-34-28(23-44-26(16-17-40(2,3)56)32(34)46-36(49)33-35(41)48-59-47-33)58-20-9-7-5-6-8-13-29(51)43-19-22-57-21-18-42-25-12-10-11-24-31(25)39(55)50(38(24)54)27-14-15-30(52)45-37(27)53/h10-12,23,27,42,56H,4-9,13-15,18-22H2,1-3H3,(H2,41,48)(H,43,51)(H,45,52,53). The Morgan fingerprint density at radius 2 is 1.85 bits per heavy atom. The van der Waals surface area contributed by atoms with Crippen LogP contribution in [0.2, 0.25) is 0 Å². The second-order valence-corrected chi connectivity index (χ2v) is 14.6. The summed E-state index contributed by atoms with van der Waals surface area (Å²) in [5.41, 5.74) is 7.40. The van der Waals surface area contributed by atoms with Crippen LogP contribution in [0.4, 0.5) is 11.5 Å². The predicted molar refractivity (Wildman–Crippen MR) is 213 cm³/mol. The molecule has 0 radical (unpaired) electrons. The molecule has 1 atom stereocenters. The first-order chi connectivity index (χ1) is 28.4. The molecular weight excluding hydrogens is 765 g/mol. The number of hydrogen-bond acceptors (Lipinski definition) is 15. The zero-order valence-electron chi connectivity index (χ0n) is 33.3. The van der Waals surface area contributed by atoms with Gasteiger partial charge in [-0.3, -0.25) is 34.2 Å². The third kappa shape index (κ3) is 10.0. The number of anilines is 2. The number of amides is 5. The molecule has 19 heteroatoms. The SMILES string of the molecule is CCn1c(-c2nonc2N)nc2c(C#CC(C)(C)O)ncc(OCCCCCCCC(=O)NCCOCCNc3cccc4c3C(=O)N(C3CCC(=O)NC3=O)C4=O)c21. The topological polar surface area (TPSA) is 259 Å². The molecule has 2 aliphatic heterocycles. The number of carbonyl (C=O) groups excluding carboxylic acids is 5. The number of hydrogen-bond donors (Lipinski definition) is 5. The maximum atomic E-state index is 13.2. The number of unbranched alkanes of at least 4 members (excludes halogenated alkanes) is 4. The number of imidazole rings is 1. The van der Waals surface area contributed by atoms with Crippen molar-refractivity contribution >= 4 is 52.1 Å². The molecule has 19 nitrogen and oxygen atoms in total. The summed E-state index contributed by atoms with van der Waals surface area (Å²) in [4.78, 5) is 72.7. The van der Waals surface area contributed by atoms with Crippen LogP contribution in [0.3, 0.4) is 0 Å². The molecule has 1 saturated heterocycles. The van der Waals surface area contributed by atoms with Crippen molar-refractivity contribution in [3.05, 3.63) is 41.2 Å². The highest BCUT2D eigenvalue weighted by molar-refractivity contribution is 6.25. The van der Waals surface area contributed by atoms with Gasteiger partial charge in [0.2, 0.25) is 17.7 Å². The summed E-state index contributed by atoms with van der Waals surface area (Å²) in [6.07, 6.45) is 6.39. The van der Waals surface area contributed by atoms with E-state index in [4.69, 9.17) is 24.8 Å². The normalized spacial score (nSPS) is 15.3. The molecule has 1 fully saturated rings. The lowest BCUT2D eigenvalue weighted by Gasteiger charge is -2.27.